The van der Waals surface area contributed by atoms with Crippen molar-refractivity contribution in [3.05, 3.63) is 53.0 Å². The Morgan fingerprint density at radius 1 is 1.11 bits per heavy atom. The van der Waals surface area contributed by atoms with E-state index in [2.05, 4.69) is 21.2 Å². The monoisotopic (exact) mass is 462 g/mol. The maximum Gasteiger partial charge on any atom is 0.260 e. The lowest BCUT2D eigenvalue weighted by molar-refractivity contribution is -0.132. The van der Waals surface area contributed by atoms with Crippen molar-refractivity contribution in [1.82, 2.24) is 4.90 Å². The van der Waals surface area contributed by atoms with E-state index >= 15 is 0 Å². The molecule has 3 rings (SSSR count). The van der Waals surface area contributed by atoms with E-state index in [1.807, 2.05) is 41.3 Å². The molecule has 5 nitrogen and oxygen atoms in total. The molecule has 0 aromatic heterocycles. The van der Waals surface area contributed by atoms with E-state index in [9.17, 15) is 9.59 Å². The molecule has 148 valence electrons. The number of carbonyl (C=O) groups excluding carboxylic acids is 2. The molecule has 28 heavy (non-hydrogen) atoms. The first-order valence-corrected chi connectivity index (χ1v) is 11.1. The van der Waals surface area contributed by atoms with Crippen molar-refractivity contribution in [1.29, 1.82) is 0 Å². The average molecular weight is 463 g/mol. The van der Waals surface area contributed by atoms with Crippen molar-refractivity contribution in [3.63, 3.8) is 0 Å². The molecular weight excluding hydrogens is 440 g/mol. The summed E-state index contributed by atoms with van der Waals surface area (Å²) in [5.74, 6) is 1.25. The van der Waals surface area contributed by atoms with Crippen LogP contribution < -0.4 is 10.1 Å². The molecule has 1 fully saturated rings. The molecule has 1 aliphatic rings. The van der Waals surface area contributed by atoms with Crippen LogP contribution in [0.3, 0.4) is 0 Å². The van der Waals surface area contributed by atoms with Crippen LogP contribution in [0.1, 0.15) is 19.3 Å². The van der Waals surface area contributed by atoms with Gasteiger partial charge in [0.15, 0.2) is 6.61 Å². The highest BCUT2D eigenvalue weighted by molar-refractivity contribution is 9.10. The number of amides is 2. The number of benzene rings is 2. The summed E-state index contributed by atoms with van der Waals surface area (Å²) in [5, 5.41) is 2.89. The first kappa shape index (κ1) is 20.7. The molecule has 0 spiro atoms. The predicted octanol–water partition coefficient (Wildman–Crippen LogP) is 4.57. The van der Waals surface area contributed by atoms with Gasteiger partial charge in [0.25, 0.3) is 5.91 Å². The summed E-state index contributed by atoms with van der Waals surface area (Å²) in [6.45, 7) is 1.66. The summed E-state index contributed by atoms with van der Waals surface area (Å²) in [6.07, 6.45) is 2.54. The number of hydrogen-bond acceptors (Lipinski definition) is 4. The van der Waals surface area contributed by atoms with Gasteiger partial charge in [-0.1, -0.05) is 22.0 Å². The lowest BCUT2D eigenvalue weighted by atomic mass is 10.3. The maximum atomic E-state index is 12.2. The Balaban J connectivity index is 1.42. The molecule has 1 N–H and O–H groups in total. The van der Waals surface area contributed by atoms with Crippen LogP contribution in [-0.2, 0) is 9.59 Å². The Kier molecular flexibility index (Phi) is 7.80. The lowest BCUT2D eigenvalue weighted by Crippen LogP contribution is -2.32. The van der Waals surface area contributed by atoms with Crippen LogP contribution >= 0.6 is 27.7 Å². The molecule has 1 saturated heterocycles. The average Bonchev–Trinajstić information content (AvgIpc) is 3.23. The zero-order chi connectivity index (χ0) is 19.8. The van der Waals surface area contributed by atoms with Crippen molar-refractivity contribution in [2.24, 2.45) is 0 Å². The standard InChI is InChI=1S/C21H23BrN2O3S/c22-16-6-8-19(9-7-16)28-13-10-20(25)23-17-4-3-5-18(14-17)27-15-21(26)24-11-1-2-12-24/h3-9,14H,1-2,10-13,15H2,(H,23,25). The molecule has 0 radical (unpaired) electrons. The number of ether oxygens (including phenoxy) is 1. The van der Waals surface area contributed by atoms with Crippen LogP contribution in [0, 0.1) is 0 Å². The number of thioether (sulfide) groups is 1. The van der Waals surface area contributed by atoms with Gasteiger partial charge in [-0.05, 0) is 49.2 Å². The molecule has 1 aliphatic heterocycles. The minimum Gasteiger partial charge on any atom is -0.484 e. The first-order chi connectivity index (χ1) is 13.6. The molecule has 0 aliphatic carbocycles. The normalized spacial score (nSPS) is 13.4. The van der Waals surface area contributed by atoms with Gasteiger partial charge < -0.3 is 15.0 Å². The topological polar surface area (TPSA) is 58.6 Å². The van der Waals surface area contributed by atoms with Crippen molar-refractivity contribution in [2.75, 3.05) is 30.8 Å². The number of anilines is 1. The first-order valence-electron chi connectivity index (χ1n) is 9.29. The molecule has 0 saturated carbocycles. The molecule has 0 unspecified atom stereocenters. The molecule has 0 atom stereocenters. The van der Waals surface area contributed by atoms with Crippen LogP contribution in [0.25, 0.3) is 0 Å². The smallest absolute Gasteiger partial charge is 0.260 e. The zero-order valence-electron chi connectivity index (χ0n) is 15.5. The molecule has 2 amide bonds. The summed E-state index contributed by atoms with van der Waals surface area (Å²) >= 11 is 5.06. The minimum atomic E-state index is -0.0464. The summed E-state index contributed by atoms with van der Waals surface area (Å²) in [5.41, 5.74) is 0.671. The summed E-state index contributed by atoms with van der Waals surface area (Å²) < 4.78 is 6.64. The van der Waals surface area contributed by atoms with E-state index in [0.29, 0.717) is 23.6 Å². The van der Waals surface area contributed by atoms with E-state index in [1.54, 1.807) is 23.9 Å². The largest absolute Gasteiger partial charge is 0.484 e. The van der Waals surface area contributed by atoms with Crippen molar-refractivity contribution in [3.8, 4) is 5.75 Å². The highest BCUT2D eigenvalue weighted by Gasteiger charge is 2.18. The lowest BCUT2D eigenvalue weighted by Gasteiger charge is -2.15. The van der Waals surface area contributed by atoms with Gasteiger partial charge >= 0.3 is 0 Å². The van der Waals surface area contributed by atoms with Gasteiger partial charge in [-0.2, -0.15) is 0 Å². The van der Waals surface area contributed by atoms with Gasteiger partial charge in [-0.25, -0.2) is 0 Å². The fourth-order valence-electron chi connectivity index (χ4n) is 2.88. The third-order valence-electron chi connectivity index (χ3n) is 4.35. The maximum absolute atomic E-state index is 12.2. The Morgan fingerprint density at radius 3 is 2.61 bits per heavy atom. The quantitative estimate of drug-likeness (QED) is 0.583. The Bertz CT molecular complexity index is 808. The fourth-order valence-corrected chi connectivity index (χ4v) is 4.00. The van der Waals surface area contributed by atoms with Gasteiger partial charge in [0.2, 0.25) is 5.91 Å². The van der Waals surface area contributed by atoms with Crippen molar-refractivity contribution >= 4 is 45.2 Å². The highest BCUT2D eigenvalue weighted by Crippen LogP contribution is 2.22. The van der Waals surface area contributed by atoms with E-state index in [-0.39, 0.29) is 18.4 Å². The SMILES string of the molecule is O=C(CCSc1ccc(Br)cc1)Nc1cccc(OCC(=O)N2CCCC2)c1. The van der Waals surface area contributed by atoms with E-state index in [1.165, 1.54) is 0 Å². The molecule has 2 aromatic carbocycles. The van der Waals surface area contributed by atoms with E-state index in [4.69, 9.17) is 4.74 Å². The van der Waals surface area contributed by atoms with Crippen LogP contribution in [0.15, 0.2) is 57.9 Å². The third-order valence-corrected chi connectivity index (χ3v) is 5.89. The van der Waals surface area contributed by atoms with E-state index < -0.39 is 0 Å². The van der Waals surface area contributed by atoms with Gasteiger partial charge in [0.1, 0.15) is 5.75 Å². The fraction of sp³-hybridized carbons (Fsp3) is 0.333. The Morgan fingerprint density at radius 2 is 1.86 bits per heavy atom. The highest BCUT2D eigenvalue weighted by atomic mass is 79.9. The number of halogens is 1. The van der Waals surface area contributed by atoms with Gasteiger partial charge in [-0.3, -0.25) is 9.59 Å². The van der Waals surface area contributed by atoms with Crippen LogP contribution in [0.2, 0.25) is 0 Å². The van der Waals surface area contributed by atoms with Gasteiger partial charge in [0.05, 0.1) is 0 Å². The number of carbonyl (C=O) groups is 2. The predicted molar refractivity (Wildman–Crippen MR) is 116 cm³/mol. The zero-order valence-corrected chi connectivity index (χ0v) is 17.9. The second-order valence-corrected chi connectivity index (χ2v) is 8.59. The second-order valence-electron chi connectivity index (χ2n) is 6.50. The van der Waals surface area contributed by atoms with Crippen LogP contribution in [0.5, 0.6) is 5.75 Å². The molecule has 1 heterocycles. The molecule has 2 aromatic rings. The third kappa shape index (κ3) is 6.56. The molecule has 7 heteroatoms. The summed E-state index contributed by atoms with van der Waals surface area (Å²) in [4.78, 5) is 27.2. The van der Waals surface area contributed by atoms with Crippen molar-refractivity contribution < 1.29 is 14.3 Å². The minimum absolute atomic E-state index is 0.0110. The van der Waals surface area contributed by atoms with E-state index in [0.717, 1.165) is 35.3 Å². The Hall–Kier alpha value is -1.99. The van der Waals surface area contributed by atoms with Gasteiger partial charge in [0, 0.05) is 46.4 Å². The number of hydrogen-bond donors (Lipinski definition) is 1. The van der Waals surface area contributed by atoms with Crippen LogP contribution in [0.4, 0.5) is 5.69 Å². The number of nitrogens with one attached hydrogen (secondary N) is 1. The molecular formula is C21H23BrN2O3S. The van der Waals surface area contributed by atoms with Gasteiger partial charge in [-0.15, -0.1) is 11.8 Å². The van der Waals surface area contributed by atoms with Crippen LogP contribution in [-0.4, -0.2) is 42.2 Å². The Labute approximate surface area is 178 Å². The summed E-state index contributed by atoms with van der Waals surface area (Å²) in [7, 11) is 0. The number of likely N-dealkylation sites (tertiary alicyclic amines) is 1. The number of nitrogens with zero attached hydrogens (tertiary/aromatic N) is 1. The van der Waals surface area contributed by atoms with Crippen molar-refractivity contribution in [2.45, 2.75) is 24.2 Å². The molecule has 0 bridgehead atoms. The number of rotatable bonds is 8. The second kappa shape index (κ2) is 10.5. The summed E-state index contributed by atoms with van der Waals surface area (Å²) in [6, 6.07) is 15.2.